The van der Waals surface area contributed by atoms with Crippen molar-refractivity contribution in [3.8, 4) is 0 Å². The number of halogens is 1. The van der Waals surface area contributed by atoms with Gasteiger partial charge in [0, 0.05) is 17.8 Å². The van der Waals surface area contributed by atoms with Crippen LogP contribution in [0, 0.1) is 5.82 Å². The molecule has 0 atom stereocenters. The Morgan fingerprint density at radius 2 is 2.11 bits per heavy atom. The number of thioether (sulfide) groups is 1. The van der Waals surface area contributed by atoms with E-state index in [1.165, 1.54) is 37.3 Å². The smallest absolute Gasteiger partial charge is 0.340 e. The van der Waals surface area contributed by atoms with Crippen molar-refractivity contribution in [2.45, 2.75) is 5.75 Å². The van der Waals surface area contributed by atoms with E-state index in [9.17, 15) is 17.6 Å². The Labute approximate surface area is 116 Å². The average molecular weight is 306 g/mol. The van der Waals surface area contributed by atoms with Crippen LogP contribution in [-0.2, 0) is 20.3 Å². The van der Waals surface area contributed by atoms with Gasteiger partial charge in [-0.3, -0.25) is 0 Å². The fraction of sp³-hybridized carbons (Fsp3) is 0.417. The third-order valence-corrected chi connectivity index (χ3v) is 4.54. The molecule has 0 aliphatic carbocycles. The summed E-state index contributed by atoms with van der Waals surface area (Å²) in [6.07, 6.45) is 1.18. The van der Waals surface area contributed by atoms with Gasteiger partial charge in [-0.05, 0) is 17.7 Å². The Kier molecular flexibility index (Phi) is 5.81. The van der Waals surface area contributed by atoms with Gasteiger partial charge in [-0.1, -0.05) is 6.07 Å². The first-order chi connectivity index (χ1) is 8.83. The standard InChI is InChI=1S/C12H15FO4S2/c1-17-12(14)10-4-3-9(7-11(10)13)8-18-5-6-19(2,15)16/h3-4,7H,5-6,8H2,1-2H3. The molecule has 0 unspecified atom stereocenters. The molecule has 1 aromatic carbocycles. The van der Waals surface area contributed by atoms with Gasteiger partial charge in [0.05, 0.1) is 18.4 Å². The molecule has 0 heterocycles. The summed E-state index contributed by atoms with van der Waals surface area (Å²) >= 11 is 1.40. The zero-order valence-electron chi connectivity index (χ0n) is 10.7. The first-order valence-corrected chi connectivity index (χ1v) is 8.67. The van der Waals surface area contributed by atoms with Crippen LogP contribution in [-0.4, -0.2) is 39.3 Å². The lowest BCUT2D eigenvalue weighted by molar-refractivity contribution is 0.0595. The largest absolute Gasteiger partial charge is 0.465 e. The normalized spacial score (nSPS) is 11.3. The van der Waals surface area contributed by atoms with Crippen molar-refractivity contribution in [1.29, 1.82) is 0 Å². The minimum atomic E-state index is -2.96. The lowest BCUT2D eigenvalue weighted by atomic mass is 10.1. The molecule has 0 bridgehead atoms. The molecule has 0 aliphatic rings. The second kappa shape index (κ2) is 6.91. The molecular formula is C12H15FO4S2. The summed E-state index contributed by atoms with van der Waals surface area (Å²) in [5.41, 5.74) is 0.594. The lowest BCUT2D eigenvalue weighted by Crippen LogP contribution is -2.06. The van der Waals surface area contributed by atoms with Crippen LogP contribution in [0.1, 0.15) is 15.9 Å². The summed E-state index contributed by atoms with van der Waals surface area (Å²) in [5.74, 6) is -0.296. The summed E-state index contributed by atoms with van der Waals surface area (Å²) < 4.78 is 39.9. The van der Waals surface area contributed by atoms with Crippen molar-refractivity contribution < 1.29 is 22.3 Å². The number of ether oxygens (including phenoxy) is 1. The fourth-order valence-corrected chi connectivity index (χ4v) is 3.57. The molecular weight excluding hydrogens is 291 g/mol. The van der Waals surface area contributed by atoms with Gasteiger partial charge >= 0.3 is 5.97 Å². The molecule has 0 fully saturated rings. The maximum absolute atomic E-state index is 13.6. The second-order valence-corrected chi connectivity index (χ2v) is 7.35. The van der Waals surface area contributed by atoms with Crippen LogP contribution >= 0.6 is 11.8 Å². The third-order valence-electron chi connectivity index (χ3n) is 2.31. The molecule has 0 radical (unpaired) electrons. The van der Waals surface area contributed by atoms with Gasteiger partial charge in [-0.15, -0.1) is 0 Å². The van der Waals surface area contributed by atoms with E-state index < -0.39 is 21.6 Å². The van der Waals surface area contributed by atoms with Gasteiger partial charge in [0.25, 0.3) is 0 Å². The Morgan fingerprint density at radius 1 is 1.42 bits per heavy atom. The number of esters is 1. The summed E-state index contributed by atoms with van der Waals surface area (Å²) in [6.45, 7) is 0. The molecule has 19 heavy (non-hydrogen) atoms. The summed E-state index contributed by atoms with van der Waals surface area (Å²) in [6, 6.07) is 4.26. The topological polar surface area (TPSA) is 60.4 Å². The molecule has 4 nitrogen and oxygen atoms in total. The third kappa shape index (κ3) is 5.61. The van der Waals surface area contributed by atoms with E-state index in [2.05, 4.69) is 4.74 Å². The average Bonchev–Trinajstić information content (AvgIpc) is 2.33. The molecule has 1 rings (SSSR count). The molecule has 106 valence electrons. The predicted molar refractivity (Wildman–Crippen MR) is 73.6 cm³/mol. The molecule has 0 N–H and O–H groups in total. The molecule has 0 spiro atoms. The van der Waals surface area contributed by atoms with Crippen molar-refractivity contribution >= 4 is 27.6 Å². The number of sulfone groups is 1. The first kappa shape index (κ1) is 16.0. The van der Waals surface area contributed by atoms with E-state index in [1.54, 1.807) is 6.07 Å². The van der Waals surface area contributed by atoms with Gasteiger partial charge in [-0.25, -0.2) is 17.6 Å². The lowest BCUT2D eigenvalue weighted by Gasteiger charge is -2.05. The van der Waals surface area contributed by atoms with Gasteiger partial charge in [-0.2, -0.15) is 11.8 Å². The zero-order valence-corrected chi connectivity index (χ0v) is 12.3. The number of methoxy groups -OCH3 is 1. The van der Waals surface area contributed by atoms with Crippen LogP contribution in [0.3, 0.4) is 0 Å². The number of benzene rings is 1. The van der Waals surface area contributed by atoms with E-state index in [0.29, 0.717) is 17.1 Å². The minimum absolute atomic E-state index is 0.0976. The molecule has 0 amide bonds. The van der Waals surface area contributed by atoms with Crippen LogP contribution in [0.15, 0.2) is 18.2 Å². The maximum Gasteiger partial charge on any atom is 0.340 e. The summed E-state index contributed by atoms with van der Waals surface area (Å²) in [4.78, 5) is 11.2. The molecule has 7 heteroatoms. The predicted octanol–water partition coefficient (Wildman–Crippen LogP) is 1.89. The quantitative estimate of drug-likeness (QED) is 0.593. The highest BCUT2D eigenvalue weighted by molar-refractivity contribution is 7.99. The maximum atomic E-state index is 13.6. The fourth-order valence-electron chi connectivity index (χ4n) is 1.32. The first-order valence-electron chi connectivity index (χ1n) is 5.45. The number of carbonyl (C=O) groups excluding carboxylic acids is 1. The van der Waals surface area contributed by atoms with Gasteiger partial charge < -0.3 is 4.74 Å². The number of carbonyl (C=O) groups is 1. The van der Waals surface area contributed by atoms with Crippen molar-refractivity contribution in [2.24, 2.45) is 0 Å². The van der Waals surface area contributed by atoms with Crippen molar-refractivity contribution in [1.82, 2.24) is 0 Å². The van der Waals surface area contributed by atoms with Gasteiger partial charge in [0.2, 0.25) is 0 Å². The zero-order chi connectivity index (χ0) is 14.5. The number of rotatable bonds is 6. The highest BCUT2D eigenvalue weighted by Crippen LogP contribution is 2.17. The van der Waals surface area contributed by atoms with Crippen LogP contribution in [0.5, 0.6) is 0 Å². The Hall–Kier alpha value is -1.08. The molecule has 0 aromatic heterocycles. The Morgan fingerprint density at radius 3 is 2.63 bits per heavy atom. The van der Waals surface area contributed by atoms with Crippen LogP contribution in [0.25, 0.3) is 0 Å². The Bertz CT molecular complexity index is 555. The Balaban J connectivity index is 2.57. The van der Waals surface area contributed by atoms with E-state index in [4.69, 9.17) is 0 Å². The second-order valence-electron chi connectivity index (χ2n) is 3.99. The summed E-state index contributed by atoms with van der Waals surface area (Å²) in [5, 5.41) is 0. The number of hydrogen-bond donors (Lipinski definition) is 0. The van der Waals surface area contributed by atoms with E-state index in [1.807, 2.05) is 0 Å². The van der Waals surface area contributed by atoms with E-state index in [-0.39, 0.29) is 11.3 Å². The minimum Gasteiger partial charge on any atom is -0.465 e. The van der Waals surface area contributed by atoms with Gasteiger partial charge in [0.15, 0.2) is 0 Å². The molecule has 0 aliphatic heterocycles. The van der Waals surface area contributed by atoms with Crippen molar-refractivity contribution in [3.05, 3.63) is 35.1 Å². The molecule has 0 saturated carbocycles. The number of hydrogen-bond acceptors (Lipinski definition) is 5. The van der Waals surface area contributed by atoms with Crippen molar-refractivity contribution in [2.75, 3.05) is 24.9 Å². The van der Waals surface area contributed by atoms with Crippen molar-refractivity contribution in [3.63, 3.8) is 0 Å². The van der Waals surface area contributed by atoms with E-state index in [0.717, 1.165) is 0 Å². The summed E-state index contributed by atoms with van der Waals surface area (Å²) in [7, 11) is -1.77. The highest BCUT2D eigenvalue weighted by atomic mass is 32.2. The molecule has 1 aromatic rings. The SMILES string of the molecule is COC(=O)c1ccc(CSCCS(C)(=O)=O)cc1F. The monoisotopic (exact) mass is 306 g/mol. The van der Waals surface area contributed by atoms with Crippen LogP contribution < -0.4 is 0 Å². The van der Waals surface area contributed by atoms with E-state index >= 15 is 0 Å². The van der Waals surface area contributed by atoms with Crippen LogP contribution in [0.2, 0.25) is 0 Å². The van der Waals surface area contributed by atoms with Crippen LogP contribution in [0.4, 0.5) is 4.39 Å². The highest BCUT2D eigenvalue weighted by Gasteiger charge is 2.12. The van der Waals surface area contributed by atoms with Gasteiger partial charge in [0.1, 0.15) is 15.7 Å². The molecule has 0 saturated heterocycles.